The summed E-state index contributed by atoms with van der Waals surface area (Å²) in [6, 6.07) is 0.401. The van der Waals surface area contributed by atoms with Crippen LogP contribution in [-0.4, -0.2) is 22.6 Å². The molecule has 4 nitrogen and oxygen atoms in total. The zero-order valence-electron chi connectivity index (χ0n) is 12.3. The first-order valence-electron chi connectivity index (χ1n) is 8.15. The predicted octanol–water partition coefficient (Wildman–Crippen LogP) is 2.67. The van der Waals surface area contributed by atoms with E-state index < -0.39 is 0 Å². The largest absolute Gasteiger partial charge is 0.369 e. The van der Waals surface area contributed by atoms with E-state index in [9.17, 15) is 0 Å². The summed E-state index contributed by atoms with van der Waals surface area (Å²) in [6.45, 7) is 1.01. The molecule has 0 spiro atoms. The van der Waals surface area contributed by atoms with Crippen molar-refractivity contribution in [2.75, 3.05) is 11.9 Å². The topological polar surface area (TPSA) is 63.8 Å². The molecule has 0 radical (unpaired) electrons. The molecule has 1 fully saturated rings. The number of anilines is 1. The zero-order chi connectivity index (χ0) is 13.8. The Labute approximate surface area is 121 Å². The first kappa shape index (κ1) is 13.8. The lowest BCUT2D eigenvalue weighted by Crippen LogP contribution is -2.31. The van der Waals surface area contributed by atoms with Gasteiger partial charge in [0.25, 0.3) is 0 Å². The maximum atomic E-state index is 6.07. The summed E-state index contributed by atoms with van der Waals surface area (Å²) in [6.07, 6.45) is 12.7. The van der Waals surface area contributed by atoms with Crippen LogP contribution in [0.1, 0.15) is 56.2 Å². The van der Waals surface area contributed by atoms with Gasteiger partial charge in [0.2, 0.25) is 0 Å². The van der Waals surface area contributed by atoms with Crippen LogP contribution < -0.4 is 11.1 Å². The second-order valence-corrected chi connectivity index (χ2v) is 6.38. The van der Waals surface area contributed by atoms with Crippen molar-refractivity contribution in [2.45, 2.75) is 63.8 Å². The highest BCUT2D eigenvalue weighted by Crippen LogP contribution is 2.26. The lowest BCUT2D eigenvalue weighted by Gasteiger charge is -2.27. The highest BCUT2D eigenvalue weighted by molar-refractivity contribution is 5.46. The molecule has 0 amide bonds. The van der Waals surface area contributed by atoms with Gasteiger partial charge in [-0.15, -0.1) is 0 Å². The SMILES string of the molecule is NC1CCCC(CNc2ncnc3c2CCCCC3)C1. The number of aromatic nitrogens is 2. The third-order valence-electron chi connectivity index (χ3n) is 4.76. The number of nitrogens with zero attached hydrogens (tertiary/aromatic N) is 2. The van der Waals surface area contributed by atoms with Gasteiger partial charge in [-0.3, -0.25) is 0 Å². The Hall–Kier alpha value is -1.16. The molecule has 1 aromatic rings. The zero-order valence-corrected chi connectivity index (χ0v) is 12.3. The Bertz CT molecular complexity index is 446. The van der Waals surface area contributed by atoms with Crippen molar-refractivity contribution in [3.63, 3.8) is 0 Å². The molecule has 110 valence electrons. The van der Waals surface area contributed by atoms with Crippen LogP contribution >= 0.6 is 0 Å². The maximum absolute atomic E-state index is 6.07. The predicted molar refractivity (Wildman–Crippen MR) is 81.7 cm³/mol. The fraction of sp³-hybridized carbons (Fsp3) is 0.750. The molecule has 2 aliphatic carbocycles. The molecule has 4 heteroatoms. The van der Waals surface area contributed by atoms with Crippen molar-refractivity contribution in [3.8, 4) is 0 Å². The van der Waals surface area contributed by atoms with E-state index in [2.05, 4.69) is 15.3 Å². The van der Waals surface area contributed by atoms with Gasteiger partial charge in [0.05, 0.1) is 0 Å². The van der Waals surface area contributed by atoms with Crippen LogP contribution in [0, 0.1) is 5.92 Å². The van der Waals surface area contributed by atoms with Crippen molar-refractivity contribution in [3.05, 3.63) is 17.6 Å². The van der Waals surface area contributed by atoms with E-state index in [-0.39, 0.29) is 0 Å². The molecule has 2 aliphatic rings. The molecular formula is C16H26N4. The highest BCUT2D eigenvalue weighted by atomic mass is 15.0. The Kier molecular flexibility index (Phi) is 4.51. The Morgan fingerprint density at radius 3 is 2.90 bits per heavy atom. The number of nitrogens with one attached hydrogen (secondary N) is 1. The first-order valence-corrected chi connectivity index (χ1v) is 8.15. The number of nitrogens with two attached hydrogens (primary N) is 1. The molecule has 1 heterocycles. The second-order valence-electron chi connectivity index (χ2n) is 6.38. The maximum Gasteiger partial charge on any atom is 0.132 e. The third kappa shape index (κ3) is 3.29. The fourth-order valence-electron chi connectivity index (χ4n) is 3.61. The van der Waals surface area contributed by atoms with Crippen molar-refractivity contribution in [2.24, 2.45) is 11.7 Å². The quantitative estimate of drug-likeness (QED) is 0.832. The molecule has 20 heavy (non-hydrogen) atoms. The first-order chi connectivity index (χ1) is 9.83. The summed E-state index contributed by atoms with van der Waals surface area (Å²) < 4.78 is 0. The minimum atomic E-state index is 0.401. The van der Waals surface area contributed by atoms with Gasteiger partial charge in [-0.05, 0) is 50.9 Å². The van der Waals surface area contributed by atoms with Gasteiger partial charge >= 0.3 is 0 Å². The van der Waals surface area contributed by atoms with Gasteiger partial charge in [-0.1, -0.05) is 12.8 Å². The van der Waals surface area contributed by atoms with Gasteiger partial charge in [0.1, 0.15) is 12.1 Å². The lowest BCUT2D eigenvalue weighted by molar-refractivity contribution is 0.334. The average Bonchev–Trinajstić information content (AvgIpc) is 2.71. The molecule has 3 rings (SSSR count). The normalized spacial score (nSPS) is 26.6. The molecule has 0 aromatic carbocycles. The van der Waals surface area contributed by atoms with Crippen LogP contribution in [0.15, 0.2) is 6.33 Å². The number of hydrogen-bond acceptors (Lipinski definition) is 4. The number of aryl methyl sites for hydroxylation is 1. The van der Waals surface area contributed by atoms with E-state index in [1.807, 2.05) is 0 Å². The Morgan fingerprint density at radius 1 is 1.10 bits per heavy atom. The lowest BCUT2D eigenvalue weighted by atomic mass is 9.86. The van der Waals surface area contributed by atoms with E-state index in [0.29, 0.717) is 12.0 Å². The summed E-state index contributed by atoms with van der Waals surface area (Å²) in [7, 11) is 0. The molecule has 1 aromatic heterocycles. The average molecular weight is 274 g/mol. The molecule has 2 unspecified atom stereocenters. The van der Waals surface area contributed by atoms with E-state index in [1.165, 1.54) is 49.8 Å². The standard InChI is InChI=1S/C16H26N4/c17-13-6-4-5-12(9-13)10-18-16-14-7-2-1-3-8-15(14)19-11-20-16/h11-13H,1-10,17H2,(H,18,19,20). The molecular weight excluding hydrogens is 248 g/mol. The van der Waals surface area contributed by atoms with Crippen molar-refractivity contribution >= 4 is 5.82 Å². The van der Waals surface area contributed by atoms with Crippen LogP contribution in [0.25, 0.3) is 0 Å². The van der Waals surface area contributed by atoms with Gasteiger partial charge in [-0.2, -0.15) is 0 Å². The number of fused-ring (bicyclic) bond motifs is 1. The van der Waals surface area contributed by atoms with E-state index in [0.717, 1.165) is 31.6 Å². The summed E-state index contributed by atoms with van der Waals surface area (Å²) in [4.78, 5) is 8.96. The van der Waals surface area contributed by atoms with Crippen molar-refractivity contribution < 1.29 is 0 Å². The van der Waals surface area contributed by atoms with Gasteiger partial charge in [0.15, 0.2) is 0 Å². The van der Waals surface area contributed by atoms with E-state index in [4.69, 9.17) is 5.73 Å². The minimum absolute atomic E-state index is 0.401. The molecule has 0 aliphatic heterocycles. The van der Waals surface area contributed by atoms with Crippen LogP contribution in [0.3, 0.4) is 0 Å². The van der Waals surface area contributed by atoms with Crippen LogP contribution in [0.4, 0.5) is 5.82 Å². The smallest absolute Gasteiger partial charge is 0.132 e. The number of rotatable bonds is 3. The summed E-state index contributed by atoms with van der Waals surface area (Å²) >= 11 is 0. The molecule has 3 N–H and O–H groups in total. The van der Waals surface area contributed by atoms with E-state index in [1.54, 1.807) is 6.33 Å². The fourth-order valence-corrected chi connectivity index (χ4v) is 3.61. The van der Waals surface area contributed by atoms with Gasteiger partial charge in [0, 0.05) is 23.8 Å². The minimum Gasteiger partial charge on any atom is -0.369 e. The van der Waals surface area contributed by atoms with Crippen LogP contribution in [0.2, 0.25) is 0 Å². The Balaban J connectivity index is 1.65. The molecule has 2 atom stereocenters. The third-order valence-corrected chi connectivity index (χ3v) is 4.76. The second kappa shape index (κ2) is 6.53. The number of hydrogen-bond donors (Lipinski definition) is 2. The van der Waals surface area contributed by atoms with Gasteiger partial charge < -0.3 is 11.1 Å². The van der Waals surface area contributed by atoms with E-state index >= 15 is 0 Å². The summed E-state index contributed by atoms with van der Waals surface area (Å²) in [5, 5.41) is 3.58. The molecule has 0 bridgehead atoms. The van der Waals surface area contributed by atoms with Crippen LogP contribution in [0.5, 0.6) is 0 Å². The van der Waals surface area contributed by atoms with Crippen molar-refractivity contribution in [1.29, 1.82) is 0 Å². The van der Waals surface area contributed by atoms with Crippen LogP contribution in [-0.2, 0) is 12.8 Å². The summed E-state index contributed by atoms with van der Waals surface area (Å²) in [5.41, 5.74) is 8.70. The summed E-state index contributed by atoms with van der Waals surface area (Å²) in [5.74, 6) is 1.78. The molecule has 0 saturated heterocycles. The molecule has 1 saturated carbocycles. The highest BCUT2D eigenvalue weighted by Gasteiger charge is 2.20. The van der Waals surface area contributed by atoms with Gasteiger partial charge in [-0.25, -0.2) is 9.97 Å². The van der Waals surface area contributed by atoms with Crippen molar-refractivity contribution in [1.82, 2.24) is 9.97 Å². The monoisotopic (exact) mass is 274 g/mol. The Morgan fingerprint density at radius 2 is 2.00 bits per heavy atom.